The molecule has 1 aromatic heterocycles. The van der Waals surface area contributed by atoms with Gasteiger partial charge in [-0.05, 0) is 36.4 Å². The van der Waals surface area contributed by atoms with Gasteiger partial charge in [0.05, 0.1) is 17.6 Å². The minimum atomic E-state index is 0.420. The van der Waals surface area contributed by atoms with Crippen LogP contribution in [0.15, 0.2) is 18.3 Å². The zero-order valence-corrected chi connectivity index (χ0v) is 11.1. The van der Waals surface area contributed by atoms with Crippen molar-refractivity contribution in [1.82, 2.24) is 9.88 Å². The van der Waals surface area contributed by atoms with Gasteiger partial charge in [-0.3, -0.25) is 9.88 Å². The van der Waals surface area contributed by atoms with Gasteiger partial charge >= 0.3 is 0 Å². The van der Waals surface area contributed by atoms with E-state index >= 15 is 0 Å². The Morgan fingerprint density at radius 1 is 1.41 bits per heavy atom. The van der Waals surface area contributed by atoms with Crippen molar-refractivity contribution in [2.45, 2.75) is 33.7 Å². The molecule has 0 radical (unpaired) electrons. The summed E-state index contributed by atoms with van der Waals surface area (Å²) < 4.78 is 0. The van der Waals surface area contributed by atoms with Gasteiger partial charge in [0.2, 0.25) is 0 Å². The molecular weight excluding hydrogens is 210 g/mol. The molecule has 1 atom stereocenters. The van der Waals surface area contributed by atoms with Crippen LogP contribution in [0.2, 0.25) is 0 Å². The van der Waals surface area contributed by atoms with Crippen LogP contribution in [0.3, 0.4) is 0 Å². The predicted molar refractivity (Wildman–Crippen MR) is 71.5 cm³/mol. The van der Waals surface area contributed by atoms with Gasteiger partial charge in [0.25, 0.3) is 0 Å². The molecule has 1 aliphatic rings. The normalized spacial score (nSPS) is 21.9. The second-order valence-electron chi connectivity index (χ2n) is 6.17. The number of likely N-dealkylation sites (tertiary alicyclic amines) is 1. The first-order valence-corrected chi connectivity index (χ1v) is 6.38. The smallest absolute Gasteiger partial charge is 0.0545 e. The summed E-state index contributed by atoms with van der Waals surface area (Å²) in [4.78, 5) is 6.86. The molecule has 0 aliphatic carbocycles. The molecule has 3 nitrogen and oxygen atoms in total. The van der Waals surface area contributed by atoms with E-state index in [1.54, 1.807) is 6.20 Å². The van der Waals surface area contributed by atoms with Crippen LogP contribution >= 0.6 is 0 Å². The Bertz CT molecular complexity index is 364. The molecule has 2 N–H and O–H groups in total. The van der Waals surface area contributed by atoms with Gasteiger partial charge in [-0.2, -0.15) is 0 Å². The molecule has 1 fully saturated rings. The largest absolute Gasteiger partial charge is 0.397 e. The monoisotopic (exact) mass is 233 g/mol. The van der Waals surface area contributed by atoms with E-state index in [4.69, 9.17) is 5.73 Å². The molecule has 0 amide bonds. The molecule has 1 unspecified atom stereocenters. The van der Waals surface area contributed by atoms with Gasteiger partial charge in [0.1, 0.15) is 0 Å². The Morgan fingerprint density at radius 2 is 2.18 bits per heavy atom. The summed E-state index contributed by atoms with van der Waals surface area (Å²) in [5.74, 6) is 0.802. The number of rotatable bonds is 2. The van der Waals surface area contributed by atoms with E-state index in [0.29, 0.717) is 5.41 Å². The fraction of sp³-hybridized carbons (Fsp3) is 0.643. The molecule has 2 heterocycles. The summed E-state index contributed by atoms with van der Waals surface area (Å²) in [5.41, 5.74) is 7.92. The molecule has 0 aromatic carbocycles. The quantitative estimate of drug-likeness (QED) is 0.853. The molecule has 3 heteroatoms. The number of pyridine rings is 1. The molecule has 17 heavy (non-hydrogen) atoms. The average Bonchev–Trinajstić information content (AvgIpc) is 2.69. The van der Waals surface area contributed by atoms with Crippen molar-refractivity contribution in [3.8, 4) is 0 Å². The molecule has 1 saturated heterocycles. The van der Waals surface area contributed by atoms with E-state index in [2.05, 4.69) is 30.7 Å². The van der Waals surface area contributed by atoms with Gasteiger partial charge in [-0.1, -0.05) is 20.8 Å². The lowest BCUT2D eigenvalue weighted by Gasteiger charge is -2.27. The Hall–Kier alpha value is -1.09. The van der Waals surface area contributed by atoms with E-state index in [-0.39, 0.29) is 0 Å². The highest BCUT2D eigenvalue weighted by Gasteiger charge is 2.31. The van der Waals surface area contributed by atoms with Gasteiger partial charge in [0.15, 0.2) is 0 Å². The number of anilines is 1. The minimum Gasteiger partial charge on any atom is -0.397 e. The summed E-state index contributed by atoms with van der Waals surface area (Å²) >= 11 is 0. The summed E-state index contributed by atoms with van der Waals surface area (Å²) in [7, 11) is 0. The van der Waals surface area contributed by atoms with Gasteiger partial charge < -0.3 is 5.73 Å². The molecular formula is C14H23N3. The molecule has 1 aromatic rings. The molecule has 94 valence electrons. The number of nitrogens with zero attached hydrogens (tertiary/aromatic N) is 2. The standard InChI is InChI=1S/C14H23N3/c1-14(2,3)11-6-7-17(9-11)10-13-5-4-12(15)8-16-13/h4-5,8,11H,6-7,9-10,15H2,1-3H3. The Labute approximate surface area is 104 Å². The van der Waals surface area contributed by atoms with Crippen LogP contribution < -0.4 is 5.73 Å². The van der Waals surface area contributed by atoms with Crippen LogP contribution in [0.1, 0.15) is 32.9 Å². The van der Waals surface area contributed by atoms with E-state index in [1.165, 1.54) is 19.5 Å². The van der Waals surface area contributed by atoms with Crippen molar-refractivity contribution >= 4 is 5.69 Å². The number of hydrogen-bond acceptors (Lipinski definition) is 3. The maximum absolute atomic E-state index is 5.64. The highest BCUT2D eigenvalue weighted by molar-refractivity contribution is 5.34. The highest BCUT2D eigenvalue weighted by atomic mass is 15.2. The first-order valence-electron chi connectivity index (χ1n) is 6.38. The van der Waals surface area contributed by atoms with E-state index < -0.39 is 0 Å². The van der Waals surface area contributed by atoms with Crippen molar-refractivity contribution in [3.63, 3.8) is 0 Å². The molecule has 1 aliphatic heterocycles. The van der Waals surface area contributed by atoms with Crippen molar-refractivity contribution in [1.29, 1.82) is 0 Å². The number of nitrogen functional groups attached to an aromatic ring is 1. The molecule has 0 saturated carbocycles. The second kappa shape index (κ2) is 4.65. The average molecular weight is 233 g/mol. The zero-order chi connectivity index (χ0) is 12.5. The van der Waals surface area contributed by atoms with Crippen LogP contribution in [-0.4, -0.2) is 23.0 Å². The Morgan fingerprint density at radius 3 is 2.71 bits per heavy atom. The lowest BCUT2D eigenvalue weighted by molar-refractivity contribution is 0.225. The summed E-state index contributed by atoms with van der Waals surface area (Å²) in [6, 6.07) is 3.96. The van der Waals surface area contributed by atoms with Crippen LogP contribution in [0.25, 0.3) is 0 Å². The fourth-order valence-corrected chi connectivity index (χ4v) is 2.44. The summed E-state index contributed by atoms with van der Waals surface area (Å²) in [6.07, 6.45) is 3.05. The van der Waals surface area contributed by atoms with E-state index in [0.717, 1.165) is 23.8 Å². The topological polar surface area (TPSA) is 42.1 Å². The second-order valence-corrected chi connectivity index (χ2v) is 6.17. The third-order valence-corrected chi connectivity index (χ3v) is 3.73. The van der Waals surface area contributed by atoms with Crippen molar-refractivity contribution in [3.05, 3.63) is 24.0 Å². The highest BCUT2D eigenvalue weighted by Crippen LogP contribution is 2.33. The maximum atomic E-state index is 5.64. The Balaban J connectivity index is 1.92. The SMILES string of the molecule is CC(C)(C)C1CCN(Cc2ccc(N)cn2)C1. The van der Waals surface area contributed by atoms with Crippen LogP contribution in [0.4, 0.5) is 5.69 Å². The van der Waals surface area contributed by atoms with Crippen molar-refractivity contribution in [2.75, 3.05) is 18.8 Å². The van der Waals surface area contributed by atoms with Crippen LogP contribution in [-0.2, 0) is 6.54 Å². The van der Waals surface area contributed by atoms with Crippen LogP contribution in [0.5, 0.6) is 0 Å². The first-order chi connectivity index (χ1) is 7.95. The summed E-state index contributed by atoms with van der Waals surface area (Å²) in [6.45, 7) is 10.3. The Kier molecular flexibility index (Phi) is 3.38. The lowest BCUT2D eigenvalue weighted by atomic mass is 9.80. The molecule has 0 spiro atoms. The predicted octanol–water partition coefficient (Wildman–Crippen LogP) is 2.53. The first kappa shape index (κ1) is 12.4. The van der Waals surface area contributed by atoms with Crippen molar-refractivity contribution < 1.29 is 0 Å². The van der Waals surface area contributed by atoms with Gasteiger partial charge in [0, 0.05) is 13.1 Å². The number of nitrogens with two attached hydrogens (primary N) is 1. The molecule has 2 rings (SSSR count). The third-order valence-electron chi connectivity index (χ3n) is 3.73. The zero-order valence-electron chi connectivity index (χ0n) is 11.1. The lowest BCUT2D eigenvalue weighted by Crippen LogP contribution is -2.26. The van der Waals surface area contributed by atoms with Gasteiger partial charge in [-0.25, -0.2) is 0 Å². The van der Waals surface area contributed by atoms with E-state index in [1.807, 2.05) is 12.1 Å². The maximum Gasteiger partial charge on any atom is 0.0545 e. The number of hydrogen-bond donors (Lipinski definition) is 1. The van der Waals surface area contributed by atoms with Gasteiger partial charge in [-0.15, -0.1) is 0 Å². The van der Waals surface area contributed by atoms with Crippen LogP contribution in [0, 0.1) is 11.3 Å². The fourth-order valence-electron chi connectivity index (χ4n) is 2.44. The molecule has 0 bridgehead atoms. The third kappa shape index (κ3) is 3.19. The number of aromatic nitrogens is 1. The van der Waals surface area contributed by atoms with Crippen molar-refractivity contribution in [2.24, 2.45) is 11.3 Å². The van der Waals surface area contributed by atoms with E-state index in [9.17, 15) is 0 Å². The summed E-state index contributed by atoms with van der Waals surface area (Å²) in [5, 5.41) is 0. The minimum absolute atomic E-state index is 0.420.